The molecule has 0 amide bonds. The van der Waals surface area contributed by atoms with Crippen LogP contribution in [0.3, 0.4) is 0 Å². The summed E-state index contributed by atoms with van der Waals surface area (Å²) in [4.78, 5) is 0. The molecular formula is C14H24N2O2. The van der Waals surface area contributed by atoms with Gasteiger partial charge in [0.15, 0.2) is 0 Å². The molecule has 0 heterocycles. The second-order valence-electron chi connectivity index (χ2n) is 5.16. The lowest BCUT2D eigenvalue weighted by atomic mass is 9.90. The van der Waals surface area contributed by atoms with E-state index in [2.05, 4.69) is 0 Å². The van der Waals surface area contributed by atoms with Crippen LogP contribution in [0, 0.1) is 5.92 Å². The minimum absolute atomic E-state index is 0.0959. The van der Waals surface area contributed by atoms with Gasteiger partial charge in [0.2, 0.25) is 0 Å². The van der Waals surface area contributed by atoms with Crippen molar-refractivity contribution >= 4 is 0 Å². The first-order chi connectivity index (χ1) is 8.43. The Bertz CT molecular complexity index is 343. The van der Waals surface area contributed by atoms with Gasteiger partial charge in [0.05, 0.1) is 12.2 Å². The van der Waals surface area contributed by atoms with Gasteiger partial charge in [-0.25, -0.2) is 0 Å². The van der Waals surface area contributed by atoms with Crippen molar-refractivity contribution < 1.29 is 10.2 Å². The van der Waals surface area contributed by atoms with E-state index in [9.17, 15) is 10.2 Å². The number of aliphatic hydroxyl groups excluding tert-OH is 2. The maximum absolute atomic E-state index is 10.0. The molecule has 0 aliphatic carbocycles. The van der Waals surface area contributed by atoms with Crippen molar-refractivity contribution in [2.24, 2.45) is 17.4 Å². The molecule has 0 fully saturated rings. The fourth-order valence-corrected chi connectivity index (χ4v) is 1.88. The van der Waals surface area contributed by atoms with Crippen LogP contribution in [0.15, 0.2) is 30.3 Å². The first-order valence-electron chi connectivity index (χ1n) is 6.34. The van der Waals surface area contributed by atoms with E-state index in [4.69, 9.17) is 11.5 Å². The molecule has 102 valence electrons. The highest BCUT2D eigenvalue weighted by molar-refractivity contribution is 5.16. The number of benzene rings is 1. The van der Waals surface area contributed by atoms with E-state index in [1.807, 2.05) is 44.2 Å². The van der Waals surface area contributed by atoms with E-state index in [0.29, 0.717) is 6.42 Å². The molecule has 4 heteroatoms. The molecule has 0 saturated carbocycles. The quantitative estimate of drug-likeness (QED) is 0.584. The van der Waals surface area contributed by atoms with Crippen LogP contribution in [0.1, 0.15) is 19.4 Å². The summed E-state index contributed by atoms with van der Waals surface area (Å²) in [6.07, 6.45) is -1.49. The molecule has 2 unspecified atom stereocenters. The summed E-state index contributed by atoms with van der Waals surface area (Å²) in [7, 11) is 0. The zero-order valence-corrected chi connectivity index (χ0v) is 11.0. The highest BCUT2D eigenvalue weighted by atomic mass is 16.3. The van der Waals surface area contributed by atoms with Gasteiger partial charge in [0.25, 0.3) is 0 Å². The summed E-state index contributed by atoms with van der Waals surface area (Å²) in [6.45, 7) is 3.81. The van der Waals surface area contributed by atoms with Crippen LogP contribution < -0.4 is 11.5 Å². The Morgan fingerprint density at radius 1 is 1.00 bits per heavy atom. The molecule has 0 bridgehead atoms. The third-order valence-corrected chi connectivity index (χ3v) is 3.27. The topological polar surface area (TPSA) is 92.5 Å². The second-order valence-corrected chi connectivity index (χ2v) is 5.16. The molecule has 6 N–H and O–H groups in total. The van der Waals surface area contributed by atoms with Crippen LogP contribution in [0.2, 0.25) is 0 Å². The van der Waals surface area contributed by atoms with Gasteiger partial charge in [-0.2, -0.15) is 0 Å². The number of hydrogen-bond acceptors (Lipinski definition) is 4. The summed E-state index contributed by atoms with van der Waals surface area (Å²) in [5.74, 6) is 0.0959. The van der Waals surface area contributed by atoms with E-state index in [-0.39, 0.29) is 5.92 Å². The molecule has 4 atom stereocenters. The molecule has 1 rings (SSSR count). The number of aliphatic hydroxyl groups is 2. The molecule has 0 saturated heterocycles. The Hall–Kier alpha value is -0.940. The van der Waals surface area contributed by atoms with Crippen molar-refractivity contribution in [3.05, 3.63) is 35.9 Å². The Kier molecular flexibility index (Phi) is 5.75. The predicted molar refractivity (Wildman–Crippen MR) is 72.9 cm³/mol. The van der Waals surface area contributed by atoms with Gasteiger partial charge in [-0.1, -0.05) is 44.2 Å². The standard InChI is InChI=1S/C14H24N2O2/c1-9(2)12(16)14(18)13(17)11(15)8-10-6-4-3-5-7-10/h3-7,9,11-14,17-18H,8,15-16H2,1-2H3/t11-,12-,13?,14?/m0/s1. The van der Waals surface area contributed by atoms with Crippen LogP contribution in [0.4, 0.5) is 0 Å². The van der Waals surface area contributed by atoms with Gasteiger partial charge in [-0.05, 0) is 17.9 Å². The van der Waals surface area contributed by atoms with E-state index in [1.54, 1.807) is 0 Å². The van der Waals surface area contributed by atoms with Crippen molar-refractivity contribution in [2.45, 2.75) is 44.6 Å². The minimum Gasteiger partial charge on any atom is -0.389 e. The summed E-state index contributed by atoms with van der Waals surface area (Å²) < 4.78 is 0. The number of nitrogens with two attached hydrogens (primary N) is 2. The molecule has 0 aliphatic rings. The zero-order chi connectivity index (χ0) is 13.7. The first kappa shape index (κ1) is 15.1. The molecule has 0 aliphatic heterocycles. The highest BCUT2D eigenvalue weighted by Gasteiger charge is 2.29. The van der Waals surface area contributed by atoms with Gasteiger partial charge in [0.1, 0.15) is 0 Å². The molecule has 0 aromatic heterocycles. The second kappa shape index (κ2) is 6.85. The van der Waals surface area contributed by atoms with E-state index < -0.39 is 24.3 Å². The minimum atomic E-state index is -1.01. The smallest absolute Gasteiger partial charge is 0.0968 e. The molecule has 4 nitrogen and oxygen atoms in total. The van der Waals surface area contributed by atoms with Crippen LogP contribution in [0.5, 0.6) is 0 Å². The Balaban J connectivity index is 2.58. The largest absolute Gasteiger partial charge is 0.389 e. The molecular weight excluding hydrogens is 228 g/mol. The van der Waals surface area contributed by atoms with Crippen molar-refractivity contribution in [2.75, 3.05) is 0 Å². The first-order valence-corrected chi connectivity index (χ1v) is 6.34. The lowest BCUT2D eigenvalue weighted by molar-refractivity contribution is -0.0179. The Morgan fingerprint density at radius 2 is 1.56 bits per heavy atom. The van der Waals surface area contributed by atoms with E-state index in [0.717, 1.165) is 5.56 Å². The third kappa shape index (κ3) is 4.07. The highest BCUT2D eigenvalue weighted by Crippen LogP contribution is 2.12. The van der Waals surface area contributed by atoms with Gasteiger partial charge in [0, 0.05) is 12.1 Å². The maximum atomic E-state index is 10.0. The zero-order valence-electron chi connectivity index (χ0n) is 11.0. The summed E-state index contributed by atoms with van der Waals surface area (Å²) >= 11 is 0. The van der Waals surface area contributed by atoms with Crippen LogP contribution in [-0.4, -0.2) is 34.5 Å². The van der Waals surface area contributed by atoms with Crippen LogP contribution >= 0.6 is 0 Å². The SMILES string of the molecule is CC(C)[C@H](N)C(O)C(O)[C@@H](N)Cc1ccccc1. The summed E-state index contributed by atoms with van der Waals surface area (Å²) in [5, 5.41) is 20.0. The van der Waals surface area contributed by atoms with Crippen molar-refractivity contribution in [3.8, 4) is 0 Å². The number of rotatable bonds is 6. The maximum Gasteiger partial charge on any atom is 0.0968 e. The molecule has 0 spiro atoms. The van der Waals surface area contributed by atoms with Gasteiger partial charge in [-0.3, -0.25) is 0 Å². The monoisotopic (exact) mass is 252 g/mol. The average molecular weight is 252 g/mol. The third-order valence-electron chi connectivity index (χ3n) is 3.27. The van der Waals surface area contributed by atoms with E-state index in [1.165, 1.54) is 0 Å². The van der Waals surface area contributed by atoms with Crippen LogP contribution in [-0.2, 0) is 6.42 Å². The van der Waals surface area contributed by atoms with Crippen molar-refractivity contribution in [1.29, 1.82) is 0 Å². The summed E-state index contributed by atoms with van der Waals surface area (Å²) in [6, 6.07) is 8.67. The Labute approximate surface area is 109 Å². The lowest BCUT2D eigenvalue weighted by Gasteiger charge is -2.30. The molecule has 18 heavy (non-hydrogen) atoms. The molecule has 1 aromatic carbocycles. The Morgan fingerprint density at radius 3 is 2.06 bits per heavy atom. The summed E-state index contributed by atoms with van der Waals surface area (Å²) in [5.41, 5.74) is 12.8. The fraction of sp³-hybridized carbons (Fsp3) is 0.571. The fourth-order valence-electron chi connectivity index (χ4n) is 1.88. The normalized spacial score (nSPS) is 18.4. The average Bonchev–Trinajstić information content (AvgIpc) is 2.37. The van der Waals surface area contributed by atoms with Crippen molar-refractivity contribution in [3.63, 3.8) is 0 Å². The van der Waals surface area contributed by atoms with Gasteiger partial charge >= 0.3 is 0 Å². The van der Waals surface area contributed by atoms with Crippen molar-refractivity contribution in [1.82, 2.24) is 0 Å². The lowest BCUT2D eigenvalue weighted by Crippen LogP contribution is -2.53. The van der Waals surface area contributed by atoms with Crippen LogP contribution in [0.25, 0.3) is 0 Å². The molecule has 0 radical (unpaired) electrons. The number of hydrogen-bond donors (Lipinski definition) is 4. The molecule has 1 aromatic rings. The van der Waals surface area contributed by atoms with Gasteiger partial charge in [-0.15, -0.1) is 0 Å². The van der Waals surface area contributed by atoms with Gasteiger partial charge < -0.3 is 21.7 Å². The van der Waals surface area contributed by atoms with E-state index >= 15 is 0 Å². The predicted octanol–water partition coefficient (Wildman–Crippen LogP) is 0.262.